The molecule has 0 aromatic heterocycles. The fourth-order valence-electron chi connectivity index (χ4n) is 1.02. The lowest BCUT2D eigenvalue weighted by molar-refractivity contribution is 0.332. The van der Waals surface area contributed by atoms with E-state index < -0.39 is 0 Å². The van der Waals surface area contributed by atoms with Crippen LogP contribution in [0.5, 0.6) is 0 Å². The Morgan fingerprint density at radius 2 is 1.77 bits per heavy atom. The molecule has 13 heavy (non-hydrogen) atoms. The van der Waals surface area contributed by atoms with E-state index >= 15 is 0 Å². The molecule has 4 N–H and O–H groups in total. The molecule has 0 aliphatic rings. The molecular formula is C10H25N3. The van der Waals surface area contributed by atoms with Gasteiger partial charge in [0.1, 0.15) is 6.29 Å². The van der Waals surface area contributed by atoms with Crippen LogP contribution in [0.4, 0.5) is 0 Å². The molecule has 0 amide bonds. The third-order valence-electron chi connectivity index (χ3n) is 1.75. The van der Waals surface area contributed by atoms with Crippen molar-refractivity contribution in [3.63, 3.8) is 0 Å². The number of hydrogen-bond donors (Lipinski definition) is 3. The van der Waals surface area contributed by atoms with Crippen molar-refractivity contribution in [3.05, 3.63) is 0 Å². The number of hydrogen-bond acceptors (Lipinski definition) is 3. The summed E-state index contributed by atoms with van der Waals surface area (Å²) < 4.78 is 0. The fourth-order valence-corrected chi connectivity index (χ4v) is 1.02. The molecule has 0 aromatic carbocycles. The van der Waals surface area contributed by atoms with Crippen molar-refractivity contribution >= 4 is 0 Å². The molecule has 0 radical (unpaired) electrons. The van der Waals surface area contributed by atoms with E-state index in [9.17, 15) is 0 Å². The van der Waals surface area contributed by atoms with Crippen LogP contribution < -0.4 is 16.4 Å². The van der Waals surface area contributed by atoms with Gasteiger partial charge in [0.05, 0.1) is 0 Å². The SMILES string of the molecule is CC(C)NC(N)NCCC(C)(C)C. The van der Waals surface area contributed by atoms with E-state index in [1.54, 1.807) is 0 Å². The maximum Gasteiger partial charge on any atom is 0.109 e. The Kier molecular flexibility index (Phi) is 5.53. The van der Waals surface area contributed by atoms with Crippen molar-refractivity contribution in [3.8, 4) is 0 Å². The highest BCUT2D eigenvalue weighted by Crippen LogP contribution is 2.16. The lowest BCUT2D eigenvalue weighted by Crippen LogP contribution is -2.52. The monoisotopic (exact) mass is 187 g/mol. The van der Waals surface area contributed by atoms with Crippen molar-refractivity contribution in [1.29, 1.82) is 0 Å². The predicted octanol–water partition coefficient (Wildman–Crippen LogP) is 1.25. The summed E-state index contributed by atoms with van der Waals surface area (Å²) in [5.41, 5.74) is 6.16. The Balaban J connectivity index is 3.42. The van der Waals surface area contributed by atoms with Crippen molar-refractivity contribution in [2.45, 2.75) is 53.4 Å². The summed E-state index contributed by atoms with van der Waals surface area (Å²) in [5.74, 6) is 0. The van der Waals surface area contributed by atoms with Gasteiger partial charge >= 0.3 is 0 Å². The Bertz CT molecular complexity index is 127. The van der Waals surface area contributed by atoms with Crippen LogP contribution in [0.25, 0.3) is 0 Å². The molecule has 0 fully saturated rings. The van der Waals surface area contributed by atoms with Gasteiger partial charge in [-0.15, -0.1) is 0 Å². The summed E-state index contributed by atoms with van der Waals surface area (Å²) >= 11 is 0. The van der Waals surface area contributed by atoms with Gasteiger partial charge in [0.2, 0.25) is 0 Å². The van der Waals surface area contributed by atoms with Crippen LogP contribution in [-0.2, 0) is 0 Å². The molecule has 0 heterocycles. The summed E-state index contributed by atoms with van der Waals surface area (Å²) in [6.07, 6.45) is 1.06. The van der Waals surface area contributed by atoms with Crippen LogP contribution in [0, 0.1) is 5.41 Å². The van der Waals surface area contributed by atoms with Gasteiger partial charge in [0.25, 0.3) is 0 Å². The first kappa shape index (κ1) is 12.9. The Hall–Kier alpha value is -0.120. The summed E-state index contributed by atoms with van der Waals surface area (Å²) in [7, 11) is 0. The molecule has 0 aromatic rings. The molecule has 0 saturated heterocycles. The highest BCUT2D eigenvalue weighted by molar-refractivity contribution is 4.66. The first-order valence-corrected chi connectivity index (χ1v) is 5.06. The zero-order chi connectivity index (χ0) is 10.5. The second-order valence-electron chi connectivity index (χ2n) is 5.06. The molecule has 80 valence electrons. The zero-order valence-corrected chi connectivity index (χ0v) is 9.65. The summed E-state index contributed by atoms with van der Waals surface area (Å²) in [6.45, 7) is 11.8. The second-order valence-corrected chi connectivity index (χ2v) is 5.06. The van der Waals surface area contributed by atoms with Crippen molar-refractivity contribution < 1.29 is 0 Å². The largest absolute Gasteiger partial charge is 0.304 e. The number of nitrogens with one attached hydrogen (secondary N) is 2. The molecule has 1 atom stereocenters. The van der Waals surface area contributed by atoms with Gasteiger partial charge in [-0.05, 0) is 32.2 Å². The Morgan fingerprint density at radius 3 is 2.15 bits per heavy atom. The van der Waals surface area contributed by atoms with Crippen LogP contribution in [0.15, 0.2) is 0 Å². The molecule has 0 bridgehead atoms. The summed E-state index contributed by atoms with van der Waals surface area (Å²) in [6, 6.07) is 0.428. The van der Waals surface area contributed by atoms with Gasteiger partial charge in [0, 0.05) is 6.04 Å². The van der Waals surface area contributed by atoms with E-state index in [0.29, 0.717) is 11.5 Å². The molecule has 0 rings (SSSR count). The highest BCUT2D eigenvalue weighted by Gasteiger charge is 2.10. The third-order valence-corrected chi connectivity index (χ3v) is 1.75. The van der Waals surface area contributed by atoms with Crippen LogP contribution in [0.1, 0.15) is 41.0 Å². The second kappa shape index (κ2) is 5.58. The number of nitrogens with two attached hydrogens (primary N) is 1. The molecule has 3 nitrogen and oxygen atoms in total. The van der Waals surface area contributed by atoms with Gasteiger partial charge in [-0.3, -0.25) is 10.6 Å². The molecule has 0 aliphatic carbocycles. The highest BCUT2D eigenvalue weighted by atomic mass is 15.2. The molecule has 0 aliphatic heterocycles. The smallest absolute Gasteiger partial charge is 0.109 e. The van der Waals surface area contributed by atoms with Crippen LogP contribution in [0.3, 0.4) is 0 Å². The quantitative estimate of drug-likeness (QED) is 0.568. The molecule has 3 heteroatoms. The van der Waals surface area contributed by atoms with Crippen molar-refractivity contribution in [1.82, 2.24) is 10.6 Å². The topological polar surface area (TPSA) is 50.1 Å². The average Bonchev–Trinajstić information content (AvgIpc) is 1.81. The van der Waals surface area contributed by atoms with Crippen molar-refractivity contribution in [2.75, 3.05) is 6.54 Å². The minimum Gasteiger partial charge on any atom is -0.304 e. The van der Waals surface area contributed by atoms with Gasteiger partial charge < -0.3 is 5.73 Å². The van der Waals surface area contributed by atoms with Crippen LogP contribution >= 0.6 is 0 Å². The van der Waals surface area contributed by atoms with Gasteiger partial charge in [0.15, 0.2) is 0 Å². The van der Waals surface area contributed by atoms with Crippen molar-refractivity contribution in [2.24, 2.45) is 11.1 Å². The minimum atomic E-state index is -0.0812. The van der Waals surface area contributed by atoms with E-state index in [1.165, 1.54) is 0 Å². The van der Waals surface area contributed by atoms with Gasteiger partial charge in [-0.25, -0.2) is 0 Å². The fraction of sp³-hybridized carbons (Fsp3) is 1.00. The average molecular weight is 187 g/mol. The molecule has 1 unspecified atom stereocenters. The molecule has 0 saturated carbocycles. The minimum absolute atomic E-state index is 0.0812. The summed E-state index contributed by atoms with van der Waals surface area (Å²) in [4.78, 5) is 0. The Morgan fingerprint density at radius 1 is 1.23 bits per heavy atom. The maximum absolute atomic E-state index is 5.78. The summed E-state index contributed by atoms with van der Waals surface area (Å²) in [5, 5.41) is 6.43. The van der Waals surface area contributed by atoms with E-state index in [1.807, 2.05) is 0 Å². The first-order valence-electron chi connectivity index (χ1n) is 5.06. The lowest BCUT2D eigenvalue weighted by Gasteiger charge is -2.22. The van der Waals surface area contributed by atoms with E-state index in [4.69, 9.17) is 5.73 Å². The van der Waals surface area contributed by atoms with Crippen LogP contribution in [-0.4, -0.2) is 18.9 Å². The van der Waals surface area contributed by atoms with Crippen LogP contribution in [0.2, 0.25) is 0 Å². The standard InChI is InChI=1S/C10H25N3/c1-8(2)13-9(11)12-7-6-10(3,4)5/h8-9,12-13H,6-7,11H2,1-5H3. The van der Waals surface area contributed by atoms with E-state index in [2.05, 4.69) is 45.3 Å². The van der Waals surface area contributed by atoms with Gasteiger partial charge in [-0.2, -0.15) is 0 Å². The van der Waals surface area contributed by atoms with Gasteiger partial charge in [-0.1, -0.05) is 20.8 Å². The lowest BCUT2D eigenvalue weighted by atomic mass is 9.92. The van der Waals surface area contributed by atoms with E-state index in [0.717, 1.165) is 13.0 Å². The molecule has 0 spiro atoms. The normalized spacial score (nSPS) is 15.0. The molecular weight excluding hydrogens is 162 g/mol. The Labute approximate surface area is 82.5 Å². The van der Waals surface area contributed by atoms with E-state index in [-0.39, 0.29) is 6.29 Å². The number of rotatable bonds is 5. The predicted molar refractivity (Wildman–Crippen MR) is 58.3 cm³/mol. The zero-order valence-electron chi connectivity index (χ0n) is 9.65. The maximum atomic E-state index is 5.78. The third kappa shape index (κ3) is 9.80. The first-order chi connectivity index (χ1) is 5.81.